The normalized spacial score (nSPS) is 15.1. The lowest BCUT2D eigenvalue weighted by Crippen LogP contribution is -2.54. The Balaban J connectivity index is 1.51. The zero-order chi connectivity index (χ0) is 22.7. The minimum atomic E-state index is -0.526. The van der Waals surface area contributed by atoms with Gasteiger partial charge in [-0.05, 0) is 71.9 Å². The van der Waals surface area contributed by atoms with Gasteiger partial charge in [0.2, 0.25) is 0 Å². The topological polar surface area (TPSA) is 58.6 Å². The first-order valence-corrected chi connectivity index (χ1v) is 11.5. The molecule has 5 nitrogen and oxygen atoms in total. The monoisotopic (exact) mass is 570 g/mol. The summed E-state index contributed by atoms with van der Waals surface area (Å²) in [6, 6.07) is 22.2. The van der Waals surface area contributed by atoms with Gasteiger partial charge < -0.3 is 4.74 Å². The molecule has 0 atom stereocenters. The number of ether oxygens (including phenoxy) is 1. The van der Waals surface area contributed by atoms with E-state index >= 15 is 0 Å². The van der Waals surface area contributed by atoms with Crippen molar-refractivity contribution in [3.05, 3.63) is 98.4 Å². The van der Waals surface area contributed by atoms with Gasteiger partial charge >= 0.3 is 0 Å². The van der Waals surface area contributed by atoms with Gasteiger partial charge in [0.25, 0.3) is 11.8 Å². The lowest BCUT2D eigenvalue weighted by Gasteiger charge is -2.29. The molecule has 3 aromatic rings. The van der Waals surface area contributed by atoms with Crippen molar-refractivity contribution in [2.24, 2.45) is 0 Å². The second-order valence-electron chi connectivity index (χ2n) is 6.92. The van der Waals surface area contributed by atoms with Crippen LogP contribution in [0.2, 0.25) is 0 Å². The lowest BCUT2D eigenvalue weighted by molar-refractivity contribution is -0.122. The Morgan fingerprint density at radius 1 is 0.938 bits per heavy atom. The summed E-state index contributed by atoms with van der Waals surface area (Å²) in [5.41, 5.74) is 2.31. The quantitative estimate of drug-likeness (QED) is 0.245. The van der Waals surface area contributed by atoms with Gasteiger partial charge in [-0.3, -0.25) is 19.8 Å². The Morgan fingerprint density at radius 2 is 1.66 bits per heavy atom. The Kier molecular flexibility index (Phi) is 6.83. The summed E-state index contributed by atoms with van der Waals surface area (Å²) in [6.45, 7) is 0.438. The van der Waals surface area contributed by atoms with Gasteiger partial charge in [-0.1, -0.05) is 62.2 Å². The molecule has 0 aliphatic carbocycles. The highest BCUT2D eigenvalue weighted by atomic mass is 79.9. The van der Waals surface area contributed by atoms with Gasteiger partial charge in [0.1, 0.15) is 17.9 Å². The van der Waals surface area contributed by atoms with Crippen molar-refractivity contribution in [2.45, 2.75) is 6.61 Å². The number of amides is 2. The van der Waals surface area contributed by atoms with E-state index in [2.05, 4.69) is 37.2 Å². The zero-order valence-electron chi connectivity index (χ0n) is 16.5. The Hall–Kier alpha value is -2.81. The molecule has 0 unspecified atom stereocenters. The third kappa shape index (κ3) is 5.15. The van der Waals surface area contributed by atoms with Crippen LogP contribution in [0.5, 0.6) is 5.75 Å². The maximum atomic E-state index is 13.1. The second kappa shape index (κ2) is 9.77. The molecule has 0 spiro atoms. The largest absolute Gasteiger partial charge is 0.489 e. The molecular weight excluding hydrogens is 556 g/mol. The van der Waals surface area contributed by atoms with Crippen LogP contribution < -0.4 is 15.0 Å². The van der Waals surface area contributed by atoms with E-state index < -0.39 is 11.8 Å². The van der Waals surface area contributed by atoms with E-state index in [9.17, 15) is 9.59 Å². The number of rotatable bonds is 5. The summed E-state index contributed by atoms with van der Waals surface area (Å²) in [6.07, 6.45) is 1.54. The smallest absolute Gasteiger partial charge is 0.270 e. The molecule has 1 fully saturated rings. The predicted octanol–water partition coefficient (Wildman–Crippen LogP) is 5.62. The minimum Gasteiger partial charge on any atom is -0.489 e. The fourth-order valence-corrected chi connectivity index (χ4v) is 4.01. The molecule has 32 heavy (non-hydrogen) atoms. The number of anilines is 1. The number of thiocarbonyl (C=S) groups is 1. The summed E-state index contributed by atoms with van der Waals surface area (Å²) in [7, 11) is 0. The Bertz CT molecular complexity index is 1220. The SMILES string of the molecule is O=C1NC(=S)N(c2cccc(Br)c2)C(=O)/C1=C/c1ccc(OCc2ccc(Br)cc2)cc1. The summed E-state index contributed by atoms with van der Waals surface area (Å²) in [4.78, 5) is 26.8. The van der Waals surface area contributed by atoms with E-state index in [4.69, 9.17) is 17.0 Å². The van der Waals surface area contributed by atoms with Crippen molar-refractivity contribution < 1.29 is 14.3 Å². The molecule has 8 heteroatoms. The van der Waals surface area contributed by atoms with Gasteiger partial charge in [-0.15, -0.1) is 0 Å². The maximum Gasteiger partial charge on any atom is 0.270 e. The molecule has 1 saturated heterocycles. The molecule has 4 rings (SSSR count). The van der Waals surface area contributed by atoms with Crippen molar-refractivity contribution in [3.8, 4) is 5.75 Å². The number of hydrogen-bond acceptors (Lipinski definition) is 4. The van der Waals surface area contributed by atoms with Gasteiger partial charge in [0.05, 0.1) is 5.69 Å². The average Bonchev–Trinajstić information content (AvgIpc) is 2.77. The average molecular weight is 572 g/mol. The van der Waals surface area contributed by atoms with Crippen LogP contribution in [0.15, 0.2) is 87.3 Å². The third-order valence-corrected chi connectivity index (χ3v) is 5.98. The summed E-state index contributed by atoms with van der Waals surface area (Å²) < 4.78 is 7.62. The molecular formula is C24H16Br2N2O3S. The van der Waals surface area contributed by atoms with Crippen LogP contribution in [-0.2, 0) is 16.2 Å². The number of benzene rings is 3. The molecule has 0 saturated carbocycles. The van der Waals surface area contributed by atoms with Crippen molar-refractivity contribution in [1.29, 1.82) is 0 Å². The fourth-order valence-electron chi connectivity index (χ4n) is 3.08. The van der Waals surface area contributed by atoms with Crippen molar-refractivity contribution in [1.82, 2.24) is 5.32 Å². The van der Waals surface area contributed by atoms with Crippen LogP contribution in [-0.4, -0.2) is 16.9 Å². The standard InChI is InChI=1S/C24H16Br2N2O3S/c25-17-8-4-16(5-9-17)14-31-20-10-6-15(7-11-20)12-21-22(29)27-24(32)28(23(21)30)19-3-1-2-18(26)13-19/h1-13H,14H2,(H,27,29,32)/b21-12+. The van der Waals surface area contributed by atoms with Crippen molar-refractivity contribution in [3.63, 3.8) is 0 Å². The highest BCUT2D eigenvalue weighted by Crippen LogP contribution is 2.25. The molecule has 1 aliphatic rings. The Morgan fingerprint density at radius 3 is 2.34 bits per heavy atom. The molecule has 0 bridgehead atoms. The summed E-state index contributed by atoms with van der Waals surface area (Å²) in [5.74, 6) is -0.319. The summed E-state index contributed by atoms with van der Waals surface area (Å²) >= 11 is 12.0. The van der Waals surface area contributed by atoms with Gasteiger partial charge in [0, 0.05) is 8.95 Å². The molecule has 3 aromatic carbocycles. The number of halogens is 2. The molecule has 0 aromatic heterocycles. The van der Waals surface area contributed by atoms with Gasteiger partial charge in [-0.25, -0.2) is 0 Å². The molecule has 0 radical (unpaired) electrons. The molecule has 1 N–H and O–H groups in total. The van der Waals surface area contributed by atoms with Gasteiger partial charge in [0.15, 0.2) is 5.11 Å². The van der Waals surface area contributed by atoms with Crippen LogP contribution in [0.3, 0.4) is 0 Å². The molecule has 1 aliphatic heterocycles. The molecule has 1 heterocycles. The molecule has 160 valence electrons. The summed E-state index contributed by atoms with van der Waals surface area (Å²) in [5, 5.41) is 2.64. The minimum absolute atomic E-state index is 0.00195. The number of hydrogen-bond donors (Lipinski definition) is 1. The van der Waals surface area contributed by atoms with E-state index in [1.54, 1.807) is 48.5 Å². The fraction of sp³-hybridized carbons (Fsp3) is 0.0417. The third-order valence-electron chi connectivity index (χ3n) is 4.68. The first kappa shape index (κ1) is 22.4. The highest BCUT2D eigenvalue weighted by molar-refractivity contribution is 9.10. The predicted molar refractivity (Wildman–Crippen MR) is 135 cm³/mol. The number of nitrogens with one attached hydrogen (secondary N) is 1. The highest BCUT2D eigenvalue weighted by Gasteiger charge is 2.34. The second-order valence-corrected chi connectivity index (χ2v) is 9.14. The van der Waals surface area contributed by atoms with E-state index in [0.717, 1.165) is 14.5 Å². The number of carbonyl (C=O) groups excluding carboxylic acids is 2. The van der Waals surface area contributed by atoms with E-state index in [0.29, 0.717) is 23.6 Å². The lowest BCUT2D eigenvalue weighted by atomic mass is 10.1. The van der Waals surface area contributed by atoms with Crippen LogP contribution >= 0.6 is 44.1 Å². The van der Waals surface area contributed by atoms with Crippen LogP contribution in [0.1, 0.15) is 11.1 Å². The van der Waals surface area contributed by atoms with Crippen LogP contribution in [0.4, 0.5) is 5.69 Å². The number of nitrogens with zero attached hydrogens (tertiary/aromatic N) is 1. The number of carbonyl (C=O) groups is 2. The first-order chi connectivity index (χ1) is 15.4. The zero-order valence-corrected chi connectivity index (χ0v) is 20.5. The first-order valence-electron chi connectivity index (χ1n) is 9.55. The van der Waals surface area contributed by atoms with Crippen molar-refractivity contribution >= 4 is 72.8 Å². The Labute approximate surface area is 207 Å². The maximum absolute atomic E-state index is 13.1. The van der Waals surface area contributed by atoms with E-state index in [1.807, 2.05) is 30.3 Å². The van der Waals surface area contributed by atoms with Crippen LogP contribution in [0, 0.1) is 0 Å². The van der Waals surface area contributed by atoms with Gasteiger partial charge in [-0.2, -0.15) is 0 Å². The van der Waals surface area contributed by atoms with E-state index in [-0.39, 0.29) is 10.7 Å². The van der Waals surface area contributed by atoms with Crippen molar-refractivity contribution in [2.75, 3.05) is 4.90 Å². The van der Waals surface area contributed by atoms with Crippen LogP contribution in [0.25, 0.3) is 6.08 Å². The van der Waals surface area contributed by atoms with E-state index in [1.165, 1.54) is 4.90 Å². The molecule has 2 amide bonds.